The molecule has 33 heavy (non-hydrogen) atoms. The lowest BCUT2D eigenvalue weighted by Crippen LogP contribution is -2.55. The lowest BCUT2D eigenvalue weighted by Gasteiger charge is -2.40. The van der Waals surface area contributed by atoms with Crippen molar-refractivity contribution in [2.45, 2.75) is 63.9 Å². The molecule has 1 aliphatic rings. The van der Waals surface area contributed by atoms with Gasteiger partial charge in [-0.2, -0.15) is 0 Å². The van der Waals surface area contributed by atoms with Crippen molar-refractivity contribution < 1.29 is 34.3 Å². The highest BCUT2D eigenvalue weighted by Crippen LogP contribution is 2.38. The van der Waals surface area contributed by atoms with Crippen LogP contribution in [-0.4, -0.2) is 62.1 Å². The van der Waals surface area contributed by atoms with Crippen LogP contribution in [0.5, 0.6) is 5.75 Å². The number of benzene rings is 2. The first-order valence-corrected chi connectivity index (χ1v) is 11.0. The van der Waals surface area contributed by atoms with Crippen molar-refractivity contribution in [1.29, 1.82) is 0 Å². The van der Waals surface area contributed by atoms with E-state index in [1.165, 1.54) is 6.07 Å². The summed E-state index contributed by atoms with van der Waals surface area (Å²) < 4.78 is 28.1. The summed E-state index contributed by atoms with van der Waals surface area (Å²) >= 11 is 0. The Hall–Kier alpha value is -2.49. The van der Waals surface area contributed by atoms with Crippen LogP contribution in [0.15, 0.2) is 42.6 Å². The van der Waals surface area contributed by atoms with Crippen LogP contribution >= 0.6 is 0 Å². The Labute approximate surface area is 191 Å². The van der Waals surface area contributed by atoms with Gasteiger partial charge in [-0.3, -0.25) is 0 Å². The molecule has 4 rings (SSSR count). The molecule has 2 heterocycles. The number of nitrogens with zero attached hydrogens (tertiary/aromatic N) is 1. The Morgan fingerprint density at radius 2 is 1.85 bits per heavy atom. The van der Waals surface area contributed by atoms with Gasteiger partial charge in [0.05, 0.1) is 19.3 Å². The first kappa shape index (κ1) is 23.7. The van der Waals surface area contributed by atoms with Gasteiger partial charge < -0.3 is 34.5 Å². The molecule has 0 spiro atoms. The van der Waals surface area contributed by atoms with Gasteiger partial charge in [0.15, 0.2) is 0 Å². The fourth-order valence-corrected chi connectivity index (χ4v) is 4.46. The topological polar surface area (TPSA) is 104 Å². The lowest BCUT2D eigenvalue weighted by atomic mass is 9.90. The van der Waals surface area contributed by atoms with Crippen molar-refractivity contribution in [3.63, 3.8) is 0 Å². The average molecular weight is 460 g/mol. The van der Waals surface area contributed by atoms with Gasteiger partial charge in [-0.05, 0) is 38.5 Å². The number of hydrogen-bond acceptors (Lipinski definition) is 6. The van der Waals surface area contributed by atoms with E-state index in [1.807, 2.05) is 43.5 Å². The highest BCUT2D eigenvalue weighted by atomic mass is 19.1. The number of ether oxygens (including phenoxy) is 2. The van der Waals surface area contributed by atoms with Crippen molar-refractivity contribution in [2.75, 3.05) is 6.61 Å². The van der Waals surface area contributed by atoms with Crippen molar-refractivity contribution in [3.05, 3.63) is 65.1 Å². The van der Waals surface area contributed by atoms with Gasteiger partial charge in [0, 0.05) is 34.3 Å². The molecular weight excluding hydrogens is 429 g/mol. The number of aromatic nitrogens is 1. The largest absolute Gasteiger partial charge is 0.491 e. The minimum absolute atomic E-state index is 0.0623. The SMILES string of the molecule is Cc1cccc2c1c([C@@H]1O[C@H](CO)[C@@H](O)[C@H](O)[C@H]1O)cn2Cc1ccc(OC(C)C)cc1F. The number of aryl methyl sites for hydroxylation is 1. The van der Waals surface area contributed by atoms with Gasteiger partial charge in [-0.1, -0.05) is 18.2 Å². The molecule has 0 radical (unpaired) electrons. The molecule has 178 valence electrons. The molecule has 0 saturated carbocycles. The third kappa shape index (κ3) is 4.49. The summed E-state index contributed by atoms with van der Waals surface area (Å²) in [6, 6.07) is 10.5. The van der Waals surface area contributed by atoms with E-state index in [0.717, 1.165) is 16.5 Å². The van der Waals surface area contributed by atoms with E-state index < -0.39 is 42.9 Å². The van der Waals surface area contributed by atoms with E-state index in [-0.39, 0.29) is 12.6 Å². The second kappa shape index (κ2) is 9.40. The van der Waals surface area contributed by atoms with Crippen LogP contribution in [-0.2, 0) is 11.3 Å². The molecule has 0 amide bonds. The monoisotopic (exact) mass is 459 g/mol. The van der Waals surface area contributed by atoms with E-state index in [4.69, 9.17) is 9.47 Å². The Balaban J connectivity index is 1.74. The molecule has 1 saturated heterocycles. The van der Waals surface area contributed by atoms with Crippen LogP contribution in [0.4, 0.5) is 4.39 Å². The zero-order valence-electron chi connectivity index (χ0n) is 18.9. The standard InChI is InChI=1S/C25H30FNO6/c1-13(2)32-16-8-7-15(18(26)9-16)10-27-11-17(21-14(3)5-4-6-19(21)27)25-24(31)23(30)22(29)20(12-28)33-25/h4-9,11,13,20,22-25,28-31H,10,12H2,1-3H3/t20-,22-,23+,24-,25+/m1/s1. The Morgan fingerprint density at radius 3 is 2.52 bits per heavy atom. The summed E-state index contributed by atoms with van der Waals surface area (Å²) in [7, 11) is 0. The summed E-state index contributed by atoms with van der Waals surface area (Å²) in [5.41, 5.74) is 2.79. The fourth-order valence-electron chi connectivity index (χ4n) is 4.46. The average Bonchev–Trinajstić information content (AvgIpc) is 3.13. The number of fused-ring (bicyclic) bond motifs is 1. The van der Waals surface area contributed by atoms with Gasteiger partial charge in [0.25, 0.3) is 0 Å². The van der Waals surface area contributed by atoms with E-state index in [1.54, 1.807) is 18.3 Å². The van der Waals surface area contributed by atoms with Gasteiger partial charge in [0.2, 0.25) is 0 Å². The van der Waals surface area contributed by atoms with E-state index in [2.05, 4.69) is 0 Å². The van der Waals surface area contributed by atoms with Gasteiger partial charge in [-0.25, -0.2) is 4.39 Å². The van der Waals surface area contributed by atoms with Crippen molar-refractivity contribution in [1.82, 2.24) is 4.57 Å². The van der Waals surface area contributed by atoms with Gasteiger partial charge >= 0.3 is 0 Å². The van der Waals surface area contributed by atoms with E-state index in [0.29, 0.717) is 16.9 Å². The maximum Gasteiger partial charge on any atom is 0.131 e. The summed E-state index contributed by atoms with van der Waals surface area (Å²) in [6.07, 6.45) is -4.59. The van der Waals surface area contributed by atoms with Crippen LogP contribution < -0.4 is 4.74 Å². The molecule has 0 aliphatic carbocycles. The molecule has 1 aliphatic heterocycles. The molecule has 0 unspecified atom stereocenters. The maximum absolute atomic E-state index is 14.8. The molecule has 4 N–H and O–H groups in total. The minimum Gasteiger partial charge on any atom is -0.491 e. The predicted molar refractivity (Wildman–Crippen MR) is 121 cm³/mol. The smallest absolute Gasteiger partial charge is 0.131 e. The van der Waals surface area contributed by atoms with Gasteiger partial charge in [-0.15, -0.1) is 0 Å². The predicted octanol–water partition coefficient (Wildman–Crippen LogP) is 2.44. The third-order valence-corrected chi connectivity index (χ3v) is 6.08. The third-order valence-electron chi connectivity index (χ3n) is 6.08. The maximum atomic E-state index is 14.8. The quantitative estimate of drug-likeness (QED) is 0.452. The van der Waals surface area contributed by atoms with Crippen molar-refractivity contribution in [2.24, 2.45) is 0 Å². The summed E-state index contributed by atoms with van der Waals surface area (Å²) in [6.45, 7) is 5.39. The molecule has 7 nitrogen and oxygen atoms in total. The van der Waals surface area contributed by atoms with E-state index >= 15 is 0 Å². The van der Waals surface area contributed by atoms with Crippen molar-refractivity contribution >= 4 is 10.9 Å². The van der Waals surface area contributed by atoms with Crippen LogP contribution in [0.3, 0.4) is 0 Å². The Morgan fingerprint density at radius 1 is 1.09 bits per heavy atom. The molecule has 1 aromatic heterocycles. The summed E-state index contributed by atoms with van der Waals surface area (Å²) in [4.78, 5) is 0. The normalized spacial score (nSPS) is 25.7. The number of aliphatic hydroxyl groups is 4. The molecule has 0 bridgehead atoms. The van der Waals surface area contributed by atoms with Crippen molar-refractivity contribution in [3.8, 4) is 5.75 Å². The van der Waals surface area contributed by atoms with Crippen LogP contribution in [0.25, 0.3) is 10.9 Å². The second-order valence-corrected chi connectivity index (χ2v) is 8.85. The van der Waals surface area contributed by atoms with Crippen LogP contribution in [0.2, 0.25) is 0 Å². The lowest BCUT2D eigenvalue weighted by molar-refractivity contribution is -0.231. The summed E-state index contributed by atoms with van der Waals surface area (Å²) in [5.74, 6) is 0.0681. The molecule has 5 atom stereocenters. The summed E-state index contributed by atoms with van der Waals surface area (Å²) in [5, 5.41) is 41.5. The highest BCUT2D eigenvalue weighted by molar-refractivity contribution is 5.87. The Kier molecular flexibility index (Phi) is 6.74. The minimum atomic E-state index is -1.48. The molecule has 2 aromatic carbocycles. The first-order valence-electron chi connectivity index (χ1n) is 11.0. The molecule has 8 heteroatoms. The van der Waals surface area contributed by atoms with Crippen LogP contribution in [0.1, 0.15) is 36.6 Å². The number of halogens is 1. The zero-order valence-corrected chi connectivity index (χ0v) is 18.9. The van der Waals surface area contributed by atoms with Crippen LogP contribution in [0, 0.1) is 12.7 Å². The van der Waals surface area contributed by atoms with E-state index in [9.17, 15) is 24.8 Å². The number of aliphatic hydroxyl groups excluding tert-OH is 4. The highest BCUT2D eigenvalue weighted by Gasteiger charge is 2.44. The zero-order chi connectivity index (χ0) is 23.9. The van der Waals surface area contributed by atoms with Gasteiger partial charge in [0.1, 0.15) is 42.1 Å². The number of rotatable bonds is 6. The number of hydrogen-bond donors (Lipinski definition) is 4. The first-order chi connectivity index (χ1) is 15.7. The fraction of sp³-hybridized carbons (Fsp3) is 0.440. The Bertz CT molecular complexity index is 1130. The molecule has 3 aromatic rings. The second-order valence-electron chi connectivity index (χ2n) is 8.85. The molecular formula is C25H30FNO6. The molecule has 1 fully saturated rings.